The van der Waals surface area contributed by atoms with Crippen LogP contribution < -0.4 is 5.32 Å². The number of benzene rings is 1. The van der Waals surface area contributed by atoms with Crippen molar-refractivity contribution < 1.29 is 9.84 Å². The van der Waals surface area contributed by atoms with Gasteiger partial charge in [-0.3, -0.25) is 0 Å². The Balaban J connectivity index is 2.57. The quantitative estimate of drug-likeness (QED) is 0.750. The van der Waals surface area contributed by atoms with Gasteiger partial charge in [-0.25, -0.2) is 0 Å². The number of nitrogens with one attached hydrogen (secondary N) is 1. The number of rotatable bonds is 5. The molecular formula is C11H17NO2. The highest BCUT2D eigenvalue weighted by Gasteiger charge is 2.00. The summed E-state index contributed by atoms with van der Waals surface area (Å²) < 4.78 is 5.02. The second-order valence-electron chi connectivity index (χ2n) is 3.36. The topological polar surface area (TPSA) is 41.5 Å². The fourth-order valence-electron chi connectivity index (χ4n) is 1.34. The molecule has 0 aromatic heterocycles. The molecule has 0 spiro atoms. The van der Waals surface area contributed by atoms with Gasteiger partial charge in [0.05, 0.1) is 13.2 Å². The van der Waals surface area contributed by atoms with Crippen molar-refractivity contribution in [3.63, 3.8) is 0 Å². The molecule has 0 heterocycles. The molecular weight excluding hydrogens is 178 g/mol. The Morgan fingerprint density at radius 1 is 1.50 bits per heavy atom. The van der Waals surface area contributed by atoms with E-state index in [0.29, 0.717) is 6.61 Å². The lowest BCUT2D eigenvalue weighted by Crippen LogP contribution is -2.20. The van der Waals surface area contributed by atoms with E-state index in [1.54, 1.807) is 7.11 Å². The van der Waals surface area contributed by atoms with Crippen molar-refractivity contribution in [1.29, 1.82) is 0 Å². The van der Waals surface area contributed by atoms with Crippen molar-refractivity contribution in [2.24, 2.45) is 0 Å². The van der Waals surface area contributed by atoms with Gasteiger partial charge in [0.25, 0.3) is 0 Å². The maximum absolute atomic E-state index is 8.95. The number of hydrogen-bond donors (Lipinski definition) is 2. The van der Waals surface area contributed by atoms with Crippen LogP contribution in [0, 0.1) is 0 Å². The number of aliphatic hydroxyl groups excluding tert-OH is 1. The summed E-state index contributed by atoms with van der Waals surface area (Å²) in [6.45, 7) is 2.80. The first kappa shape index (κ1) is 11.0. The molecule has 14 heavy (non-hydrogen) atoms. The van der Waals surface area contributed by atoms with Crippen LogP contribution in [0.5, 0.6) is 0 Å². The average molecular weight is 195 g/mol. The maximum atomic E-state index is 8.95. The van der Waals surface area contributed by atoms with Gasteiger partial charge in [-0.2, -0.15) is 0 Å². The van der Waals surface area contributed by atoms with Crippen LogP contribution >= 0.6 is 0 Å². The van der Waals surface area contributed by atoms with Crippen LogP contribution in [-0.4, -0.2) is 24.9 Å². The van der Waals surface area contributed by atoms with Gasteiger partial charge >= 0.3 is 0 Å². The molecule has 0 aliphatic heterocycles. The monoisotopic (exact) mass is 195 g/mol. The molecule has 1 rings (SSSR count). The Morgan fingerprint density at radius 2 is 2.29 bits per heavy atom. The summed E-state index contributed by atoms with van der Waals surface area (Å²) in [7, 11) is 1.68. The number of hydrogen-bond acceptors (Lipinski definition) is 3. The molecule has 1 unspecified atom stereocenters. The molecule has 0 saturated heterocycles. The van der Waals surface area contributed by atoms with Crippen LogP contribution in [0.25, 0.3) is 0 Å². The SMILES string of the molecule is COCC(C)Nc1cccc(CO)c1. The smallest absolute Gasteiger partial charge is 0.0682 e. The predicted octanol–water partition coefficient (Wildman–Crippen LogP) is 1.63. The molecule has 0 aliphatic carbocycles. The normalized spacial score (nSPS) is 12.5. The minimum absolute atomic E-state index is 0.0776. The first-order chi connectivity index (χ1) is 6.76. The van der Waals surface area contributed by atoms with E-state index < -0.39 is 0 Å². The minimum atomic E-state index is 0.0776. The first-order valence-electron chi connectivity index (χ1n) is 4.71. The molecule has 2 N–H and O–H groups in total. The summed E-state index contributed by atoms with van der Waals surface area (Å²) in [5.74, 6) is 0. The molecule has 3 heteroatoms. The van der Waals surface area contributed by atoms with Crippen molar-refractivity contribution in [1.82, 2.24) is 0 Å². The maximum Gasteiger partial charge on any atom is 0.0682 e. The van der Waals surface area contributed by atoms with E-state index in [2.05, 4.69) is 12.2 Å². The molecule has 0 saturated carbocycles. The van der Waals surface area contributed by atoms with Crippen molar-refractivity contribution >= 4 is 5.69 Å². The Bertz CT molecular complexity index is 276. The van der Waals surface area contributed by atoms with E-state index in [1.165, 1.54) is 0 Å². The second-order valence-corrected chi connectivity index (χ2v) is 3.36. The Morgan fingerprint density at radius 3 is 2.93 bits per heavy atom. The lowest BCUT2D eigenvalue weighted by Gasteiger charge is -2.14. The van der Waals surface area contributed by atoms with E-state index in [-0.39, 0.29) is 12.6 Å². The number of methoxy groups -OCH3 is 1. The zero-order valence-corrected chi connectivity index (χ0v) is 8.66. The van der Waals surface area contributed by atoms with E-state index >= 15 is 0 Å². The van der Waals surface area contributed by atoms with Crippen LogP contribution in [0.15, 0.2) is 24.3 Å². The third kappa shape index (κ3) is 3.36. The molecule has 0 aliphatic rings. The second kappa shape index (κ2) is 5.62. The van der Waals surface area contributed by atoms with Gasteiger partial charge < -0.3 is 15.2 Å². The summed E-state index contributed by atoms with van der Waals surface area (Å²) >= 11 is 0. The Labute approximate surface area is 84.7 Å². The highest BCUT2D eigenvalue weighted by Crippen LogP contribution is 2.11. The van der Waals surface area contributed by atoms with Gasteiger partial charge in [-0.15, -0.1) is 0 Å². The van der Waals surface area contributed by atoms with E-state index in [1.807, 2.05) is 24.3 Å². The average Bonchev–Trinajstić information content (AvgIpc) is 2.18. The summed E-state index contributed by atoms with van der Waals surface area (Å²) in [5.41, 5.74) is 1.93. The number of aliphatic hydroxyl groups is 1. The molecule has 78 valence electrons. The van der Waals surface area contributed by atoms with E-state index in [9.17, 15) is 0 Å². The van der Waals surface area contributed by atoms with Gasteiger partial charge in [0, 0.05) is 18.8 Å². The van der Waals surface area contributed by atoms with Crippen molar-refractivity contribution in [3.8, 4) is 0 Å². The highest BCUT2D eigenvalue weighted by atomic mass is 16.5. The molecule has 0 amide bonds. The summed E-state index contributed by atoms with van der Waals surface area (Å²) in [6, 6.07) is 8.01. The van der Waals surface area contributed by atoms with Crippen molar-refractivity contribution in [2.75, 3.05) is 19.0 Å². The van der Waals surface area contributed by atoms with Crippen molar-refractivity contribution in [2.45, 2.75) is 19.6 Å². The molecule has 1 aromatic rings. The first-order valence-corrected chi connectivity index (χ1v) is 4.71. The number of ether oxygens (including phenoxy) is 1. The highest BCUT2D eigenvalue weighted by molar-refractivity contribution is 5.46. The fraction of sp³-hybridized carbons (Fsp3) is 0.455. The lowest BCUT2D eigenvalue weighted by atomic mass is 10.2. The van der Waals surface area contributed by atoms with Crippen LogP contribution in [-0.2, 0) is 11.3 Å². The molecule has 0 fully saturated rings. The van der Waals surface area contributed by atoms with Gasteiger partial charge in [-0.1, -0.05) is 12.1 Å². The zero-order valence-electron chi connectivity index (χ0n) is 8.66. The zero-order chi connectivity index (χ0) is 10.4. The standard InChI is InChI=1S/C11H17NO2/c1-9(8-14-2)12-11-5-3-4-10(6-11)7-13/h3-6,9,12-13H,7-8H2,1-2H3. The lowest BCUT2D eigenvalue weighted by molar-refractivity contribution is 0.190. The summed E-state index contributed by atoms with van der Waals surface area (Å²) in [5, 5.41) is 12.2. The Kier molecular flexibility index (Phi) is 4.43. The summed E-state index contributed by atoms with van der Waals surface area (Å²) in [6.07, 6.45) is 0. The van der Waals surface area contributed by atoms with Crippen LogP contribution in [0.3, 0.4) is 0 Å². The third-order valence-electron chi connectivity index (χ3n) is 1.94. The molecule has 1 atom stereocenters. The predicted molar refractivity (Wildman–Crippen MR) is 57.3 cm³/mol. The van der Waals surface area contributed by atoms with Crippen LogP contribution in [0.1, 0.15) is 12.5 Å². The molecule has 0 bridgehead atoms. The summed E-state index contributed by atoms with van der Waals surface area (Å²) in [4.78, 5) is 0. The van der Waals surface area contributed by atoms with Gasteiger partial charge in [-0.05, 0) is 24.6 Å². The van der Waals surface area contributed by atoms with Gasteiger partial charge in [0.1, 0.15) is 0 Å². The third-order valence-corrected chi connectivity index (χ3v) is 1.94. The van der Waals surface area contributed by atoms with Gasteiger partial charge in [0.15, 0.2) is 0 Å². The molecule has 1 aromatic carbocycles. The molecule has 3 nitrogen and oxygen atoms in total. The van der Waals surface area contributed by atoms with E-state index in [4.69, 9.17) is 9.84 Å². The van der Waals surface area contributed by atoms with Crippen LogP contribution in [0.2, 0.25) is 0 Å². The number of anilines is 1. The van der Waals surface area contributed by atoms with E-state index in [0.717, 1.165) is 11.3 Å². The molecule has 0 radical (unpaired) electrons. The fourth-order valence-corrected chi connectivity index (χ4v) is 1.34. The van der Waals surface area contributed by atoms with Crippen molar-refractivity contribution in [3.05, 3.63) is 29.8 Å². The van der Waals surface area contributed by atoms with Crippen LogP contribution in [0.4, 0.5) is 5.69 Å². The largest absolute Gasteiger partial charge is 0.392 e. The Hall–Kier alpha value is -1.06. The minimum Gasteiger partial charge on any atom is -0.392 e. The van der Waals surface area contributed by atoms with Gasteiger partial charge in [0.2, 0.25) is 0 Å².